The second-order valence-corrected chi connectivity index (χ2v) is 7.03. The number of nitrogens with one attached hydrogen (secondary N) is 1. The van der Waals surface area contributed by atoms with E-state index in [1.54, 1.807) is 24.3 Å². The van der Waals surface area contributed by atoms with Crippen molar-refractivity contribution in [2.75, 3.05) is 0 Å². The Balaban J connectivity index is 1.91. The fourth-order valence-electron chi connectivity index (χ4n) is 2.22. The van der Waals surface area contributed by atoms with E-state index in [0.717, 1.165) is 0 Å². The zero-order valence-corrected chi connectivity index (χ0v) is 12.0. The molecule has 1 heterocycles. The predicted molar refractivity (Wildman–Crippen MR) is 76.1 cm³/mol. The highest BCUT2D eigenvalue weighted by atomic mass is 35.5. The molecule has 0 atom stereocenters. The molecule has 2 aromatic rings. The summed E-state index contributed by atoms with van der Waals surface area (Å²) in [5.74, 6) is 0. The van der Waals surface area contributed by atoms with Crippen molar-refractivity contribution >= 4 is 32.5 Å². The molecule has 3 rings (SSSR count). The van der Waals surface area contributed by atoms with Crippen molar-refractivity contribution in [1.29, 1.82) is 0 Å². The van der Waals surface area contributed by atoms with Gasteiger partial charge in [-0.05, 0) is 43.2 Å². The molecule has 0 radical (unpaired) electrons. The first-order valence-electron chi connectivity index (χ1n) is 6.21. The van der Waals surface area contributed by atoms with Crippen LogP contribution < -0.4 is 4.72 Å². The number of rotatable bonds is 3. The number of benzene rings is 1. The maximum Gasteiger partial charge on any atom is 0.240 e. The highest BCUT2D eigenvalue weighted by molar-refractivity contribution is 7.89. The van der Waals surface area contributed by atoms with Gasteiger partial charge in [0.25, 0.3) is 0 Å². The molecule has 1 aromatic heterocycles. The van der Waals surface area contributed by atoms with Crippen LogP contribution in [-0.4, -0.2) is 30.7 Å². The van der Waals surface area contributed by atoms with Crippen LogP contribution in [-0.2, 0) is 10.0 Å². The van der Waals surface area contributed by atoms with Gasteiger partial charge < -0.3 is 5.11 Å². The summed E-state index contributed by atoms with van der Waals surface area (Å²) in [5, 5.41) is 10.3. The van der Waals surface area contributed by atoms with Crippen LogP contribution in [0.15, 0.2) is 35.2 Å². The van der Waals surface area contributed by atoms with Crippen molar-refractivity contribution in [1.82, 2.24) is 9.71 Å². The zero-order chi connectivity index (χ0) is 14.3. The Morgan fingerprint density at radius 1 is 1.25 bits per heavy atom. The van der Waals surface area contributed by atoms with Crippen molar-refractivity contribution < 1.29 is 13.5 Å². The highest BCUT2D eigenvalue weighted by Crippen LogP contribution is 2.24. The van der Waals surface area contributed by atoms with Gasteiger partial charge in [-0.2, -0.15) is 0 Å². The van der Waals surface area contributed by atoms with E-state index < -0.39 is 16.1 Å². The third-order valence-corrected chi connectivity index (χ3v) is 5.10. The summed E-state index contributed by atoms with van der Waals surface area (Å²) in [6.45, 7) is 0. The van der Waals surface area contributed by atoms with Gasteiger partial charge in [-0.25, -0.2) is 18.1 Å². The molecule has 1 aromatic carbocycles. The molecule has 5 nitrogen and oxygen atoms in total. The molecule has 0 saturated heterocycles. The molecule has 0 spiro atoms. The van der Waals surface area contributed by atoms with E-state index >= 15 is 0 Å². The van der Waals surface area contributed by atoms with Crippen LogP contribution in [0, 0.1) is 0 Å². The van der Waals surface area contributed by atoms with Gasteiger partial charge in [0.05, 0.1) is 16.5 Å². The van der Waals surface area contributed by atoms with Gasteiger partial charge in [0.2, 0.25) is 10.0 Å². The molecule has 2 N–H and O–H groups in total. The van der Waals surface area contributed by atoms with Gasteiger partial charge in [0.1, 0.15) is 5.15 Å². The molecule has 1 aliphatic rings. The number of aliphatic hydroxyl groups is 1. The van der Waals surface area contributed by atoms with Gasteiger partial charge in [-0.3, -0.25) is 0 Å². The second kappa shape index (κ2) is 4.96. The number of halogens is 1. The molecule has 0 unspecified atom stereocenters. The molecule has 20 heavy (non-hydrogen) atoms. The Kier molecular flexibility index (Phi) is 3.41. The van der Waals surface area contributed by atoms with Gasteiger partial charge >= 0.3 is 0 Å². The summed E-state index contributed by atoms with van der Waals surface area (Å²) in [4.78, 5) is 4.30. The minimum Gasteiger partial charge on any atom is -0.393 e. The number of sulfonamides is 1. The molecule has 0 amide bonds. The van der Waals surface area contributed by atoms with E-state index in [0.29, 0.717) is 28.9 Å². The molecular formula is C13H13ClN2O3S. The molecule has 0 bridgehead atoms. The lowest BCUT2D eigenvalue weighted by molar-refractivity contribution is 0.0712. The fourth-order valence-corrected chi connectivity index (χ4v) is 3.67. The fraction of sp³-hybridized carbons (Fsp3) is 0.308. The predicted octanol–water partition coefficient (Wildman–Crippen LogP) is 1.69. The van der Waals surface area contributed by atoms with E-state index in [1.807, 2.05) is 0 Å². The number of pyridine rings is 1. The van der Waals surface area contributed by atoms with E-state index in [2.05, 4.69) is 9.71 Å². The van der Waals surface area contributed by atoms with Crippen molar-refractivity contribution in [3.8, 4) is 0 Å². The molecule has 1 saturated carbocycles. The standard InChI is InChI=1S/C13H13ClN2O3S/c14-13-4-1-8-5-11(2-3-12(8)15-13)20(18,19)16-9-6-10(17)7-9/h1-5,9-10,16-17H,6-7H2. The van der Waals surface area contributed by atoms with E-state index in [4.69, 9.17) is 11.6 Å². The van der Waals surface area contributed by atoms with Crippen molar-refractivity contribution in [3.05, 3.63) is 35.5 Å². The number of hydrogen-bond acceptors (Lipinski definition) is 4. The van der Waals surface area contributed by atoms with E-state index in [1.165, 1.54) is 6.07 Å². The van der Waals surface area contributed by atoms with Gasteiger partial charge in [0.15, 0.2) is 0 Å². The van der Waals surface area contributed by atoms with E-state index in [-0.39, 0.29) is 10.9 Å². The average molecular weight is 313 g/mol. The van der Waals surface area contributed by atoms with Crippen LogP contribution in [0.2, 0.25) is 5.15 Å². The Labute approximate surface area is 121 Å². The minimum absolute atomic E-state index is 0.186. The molecular weight excluding hydrogens is 300 g/mol. The maximum atomic E-state index is 12.2. The smallest absolute Gasteiger partial charge is 0.240 e. The molecule has 1 fully saturated rings. The summed E-state index contributed by atoms with van der Waals surface area (Å²) in [7, 11) is -3.57. The van der Waals surface area contributed by atoms with Crippen molar-refractivity contribution in [2.24, 2.45) is 0 Å². The monoisotopic (exact) mass is 312 g/mol. The topological polar surface area (TPSA) is 79.3 Å². The average Bonchev–Trinajstić information content (AvgIpc) is 2.36. The molecule has 1 aliphatic carbocycles. The lowest BCUT2D eigenvalue weighted by Gasteiger charge is -2.31. The Bertz CT molecular complexity index is 757. The number of fused-ring (bicyclic) bond motifs is 1. The van der Waals surface area contributed by atoms with Gasteiger partial charge in [0, 0.05) is 11.4 Å². The van der Waals surface area contributed by atoms with E-state index in [9.17, 15) is 13.5 Å². The maximum absolute atomic E-state index is 12.2. The lowest BCUT2D eigenvalue weighted by atomic mass is 9.91. The number of hydrogen-bond donors (Lipinski definition) is 2. The number of nitrogens with zero attached hydrogens (tertiary/aromatic N) is 1. The van der Waals surface area contributed by atoms with Crippen molar-refractivity contribution in [2.45, 2.75) is 29.9 Å². The normalized spacial score (nSPS) is 22.7. The Hall–Kier alpha value is -1.21. The summed E-state index contributed by atoms with van der Waals surface area (Å²) in [6, 6.07) is 7.87. The van der Waals surface area contributed by atoms with Crippen LogP contribution >= 0.6 is 11.6 Å². The Morgan fingerprint density at radius 3 is 2.70 bits per heavy atom. The lowest BCUT2D eigenvalue weighted by Crippen LogP contribution is -2.46. The largest absolute Gasteiger partial charge is 0.393 e. The first-order valence-corrected chi connectivity index (χ1v) is 8.07. The summed E-state index contributed by atoms with van der Waals surface area (Å²) < 4.78 is 27.0. The molecule has 106 valence electrons. The van der Waals surface area contributed by atoms with Crippen LogP contribution in [0.1, 0.15) is 12.8 Å². The third kappa shape index (κ3) is 2.64. The highest BCUT2D eigenvalue weighted by Gasteiger charge is 2.31. The Morgan fingerprint density at radius 2 is 2.00 bits per heavy atom. The van der Waals surface area contributed by atoms with Crippen LogP contribution in [0.25, 0.3) is 10.9 Å². The molecule has 0 aliphatic heterocycles. The second-order valence-electron chi connectivity index (χ2n) is 4.93. The first-order chi connectivity index (χ1) is 9.44. The summed E-state index contributed by atoms with van der Waals surface area (Å²) >= 11 is 5.79. The van der Waals surface area contributed by atoms with Crippen molar-refractivity contribution in [3.63, 3.8) is 0 Å². The van der Waals surface area contributed by atoms with Crippen LogP contribution in [0.5, 0.6) is 0 Å². The number of aliphatic hydroxyl groups excluding tert-OH is 1. The summed E-state index contributed by atoms with van der Waals surface area (Å²) in [6.07, 6.45) is 0.527. The molecule has 7 heteroatoms. The first kappa shape index (κ1) is 13.8. The summed E-state index contributed by atoms with van der Waals surface area (Å²) in [5.41, 5.74) is 0.649. The third-order valence-electron chi connectivity index (χ3n) is 3.37. The van der Waals surface area contributed by atoms with Crippen LogP contribution in [0.3, 0.4) is 0 Å². The van der Waals surface area contributed by atoms with Gasteiger partial charge in [-0.15, -0.1) is 0 Å². The SMILES string of the molecule is O=S(=O)(NC1CC(O)C1)c1ccc2nc(Cl)ccc2c1. The minimum atomic E-state index is -3.57. The number of aromatic nitrogens is 1. The zero-order valence-electron chi connectivity index (χ0n) is 10.5. The van der Waals surface area contributed by atoms with Crippen LogP contribution in [0.4, 0.5) is 0 Å². The quantitative estimate of drug-likeness (QED) is 0.845. The van der Waals surface area contributed by atoms with Gasteiger partial charge in [-0.1, -0.05) is 11.6 Å².